The highest BCUT2D eigenvalue weighted by Crippen LogP contribution is 2.32. The highest BCUT2D eigenvalue weighted by Gasteiger charge is 2.37. The van der Waals surface area contributed by atoms with Crippen LogP contribution in [0.15, 0.2) is 0 Å². The zero-order valence-corrected chi connectivity index (χ0v) is 8.82. The summed E-state index contributed by atoms with van der Waals surface area (Å²) in [7, 11) is 0. The summed E-state index contributed by atoms with van der Waals surface area (Å²) < 4.78 is 0. The first-order valence-corrected chi connectivity index (χ1v) is 5.71. The van der Waals surface area contributed by atoms with Gasteiger partial charge in [0.25, 0.3) is 0 Å². The number of aliphatic carboxylic acids is 1. The minimum Gasteiger partial charge on any atom is -0.481 e. The molecule has 4 heteroatoms. The van der Waals surface area contributed by atoms with Crippen LogP contribution in [0.3, 0.4) is 0 Å². The lowest BCUT2D eigenvalue weighted by Crippen LogP contribution is -2.54. The third-order valence-electron chi connectivity index (χ3n) is 3.57. The lowest BCUT2D eigenvalue weighted by Gasteiger charge is -2.44. The fourth-order valence-electron chi connectivity index (χ4n) is 2.21. The number of hydrogen-bond acceptors (Lipinski definition) is 2. The highest BCUT2D eigenvalue weighted by molar-refractivity contribution is 5.80. The molecule has 1 aliphatic carbocycles. The van der Waals surface area contributed by atoms with Crippen molar-refractivity contribution in [1.29, 1.82) is 0 Å². The molecule has 1 amide bonds. The second-order valence-electron chi connectivity index (χ2n) is 4.53. The zero-order chi connectivity index (χ0) is 10.8. The number of rotatable bonds is 4. The van der Waals surface area contributed by atoms with Gasteiger partial charge in [-0.05, 0) is 25.7 Å². The van der Waals surface area contributed by atoms with Gasteiger partial charge in [-0.2, -0.15) is 0 Å². The fourth-order valence-corrected chi connectivity index (χ4v) is 2.21. The van der Waals surface area contributed by atoms with E-state index >= 15 is 0 Å². The summed E-state index contributed by atoms with van der Waals surface area (Å²) in [6.07, 6.45) is 5.00. The van der Waals surface area contributed by atoms with E-state index in [1.54, 1.807) is 0 Å². The molecule has 0 aromatic rings. The molecule has 0 aromatic carbocycles. The Labute approximate surface area is 89.3 Å². The maximum Gasteiger partial charge on any atom is 0.303 e. The van der Waals surface area contributed by atoms with Crippen LogP contribution in [0.1, 0.15) is 38.5 Å². The van der Waals surface area contributed by atoms with Crippen molar-refractivity contribution in [3.05, 3.63) is 0 Å². The van der Waals surface area contributed by atoms with Gasteiger partial charge in [0, 0.05) is 24.9 Å². The molecule has 0 radical (unpaired) electrons. The van der Waals surface area contributed by atoms with E-state index in [9.17, 15) is 9.59 Å². The third kappa shape index (κ3) is 2.13. The number of carbonyl (C=O) groups excluding carboxylic acids is 1. The summed E-state index contributed by atoms with van der Waals surface area (Å²) >= 11 is 0. The molecule has 0 bridgehead atoms. The van der Waals surface area contributed by atoms with Crippen LogP contribution in [0, 0.1) is 5.92 Å². The molecular weight excluding hydrogens is 194 g/mol. The van der Waals surface area contributed by atoms with Crippen molar-refractivity contribution in [1.82, 2.24) is 4.90 Å². The Morgan fingerprint density at radius 3 is 2.40 bits per heavy atom. The Kier molecular flexibility index (Phi) is 2.93. The Morgan fingerprint density at radius 2 is 2.00 bits per heavy atom. The van der Waals surface area contributed by atoms with Crippen LogP contribution >= 0.6 is 0 Å². The van der Waals surface area contributed by atoms with E-state index in [0.717, 1.165) is 25.8 Å². The van der Waals surface area contributed by atoms with Gasteiger partial charge >= 0.3 is 5.97 Å². The predicted molar refractivity (Wildman–Crippen MR) is 54.3 cm³/mol. The van der Waals surface area contributed by atoms with Crippen LogP contribution in [0.5, 0.6) is 0 Å². The van der Waals surface area contributed by atoms with Gasteiger partial charge in [0.15, 0.2) is 0 Å². The molecule has 1 saturated carbocycles. The fraction of sp³-hybridized carbons (Fsp3) is 0.818. The number of nitrogens with zero attached hydrogens (tertiary/aromatic N) is 1. The van der Waals surface area contributed by atoms with E-state index < -0.39 is 5.97 Å². The second-order valence-corrected chi connectivity index (χ2v) is 4.53. The normalized spacial score (nSPS) is 25.6. The van der Waals surface area contributed by atoms with Crippen molar-refractivity contribution in [3.8, 4) is 0 Å². The van der Waals surface area contributed by atoms with Crippen molar-refractivity contribution in [2.24, 2.45) is 5.92 Å². The SMILES string of the molecule is O=C(O)CCC1CCN1C(=O)C1CCC1. The van der Waals surface area contributed by atoms with Crippen LogP contribution in [0.4, 0.5) is 0 Å². The zero-order valence-electron chi connectivity index (χ0n) is 8.82. The molecule has 2 aliphatic rings. The van der Waals surface area contributed by atoms with Gasteiger partial charge in [-0.25, -0.2) is 0 Å². The van der Waals surface area contributed by atoms with E-state index in [-0.39, 0.29) is 24.3 Å². The van der Waals surface area contributed by atoms with Gasteiger partial charge in [-0.1, -0.05) is 6.42 Å². The standard InChI is InChI=1S/C11H17NO3/c13-10(14)5-4-9-6-7-12(9)11(15)8-2-1-3-8/h8-9H,1-7H2,(H,13,14). The van der Waals surface area contributed by atoms with Crippen molar-refractivity contribution >= 4 is 11.9 Å². The summed E-state index contributed by atoms with van der Waals surface area (Å²) in [5, 5.41) is 8.57. The number of likely N-dealkylation sites (tertiary alicyclic amines) is 1. The first-order chi connectivity index (χ1) is 7.18. The summed E-state index contributed by atoms with van der Waals surface area (Å²) in [4.78, 5) is 24.1. The van der Waals surface area contributed by atoms with Crippen molar-refractivity contribution in [3.63, 3.8) is 0 Å². The molecule has 4 nitrogen and oxygen atoms in total. The van der Waals surface area contributed by atoms with Gasteiger partial charge in [-0.15, -0.1) is 0 Å². The average molecular weight is 211 g/mol. The van der Waals surface area contributed by atoms with Crippen molar-refractivity contribution < 1.29 is 14.7 Å². The summed E-state index contributed by atoms with van der Waals surface area (Å²) in [6.45, 7) is 0.833. The smallest absolute Gasteiger partial charge is 0.303 e. The monoisotopic (exact) mass is 211 g/mol. The van der Waals surface area contributed by atoms with Gasteiger partial charge in [0.2, 0.25) is 5.91 Å². The third-order valence-corrected chi connectivity index (χ3v) is 3.57. The molecule has 0 aromatic heterocycles. The van der Waals surface area contributed by atoms with E-state index in [1.165, 1.54) is 6.42 Å². The Morgan fingerprint density at radius 1 is 1.27 bits per heavy atom. The number of amides is 1. The molecule has 15 heavy (non-hydrogen) atoms. The lowest BCUT2D eigenvalue weighted by atomic mass is 9.82. The van der Waals surface area contributed by atoms with Crippen molar-refractivity contribution in [2.45, 2.75) is 44.6 Å². The van der Waals surface area contributed by atoms with Crippen molar-refractivity contribution in [2.75, 3.05) is 6.54 Å². The number of carboxylic acids is 1. The Hall–Kier alpha value is -1.06. The summed E-state index contributed by atoms with van der Waals surface area (Å²) in [5.41, 5.74) is 0. The topological polar surface area (TPSA) is 57.6 Å². The highest BCUT2D eigenvalue weighted by atomic mass is 16.4. The van der Waals surface area contributed by atoms with Gasteiger partial charge < -0.3 is 10.0 Å². The minimum atomic E-state index is -0.766. The van der Waals surface area contributed by atoms with Crippen LogP contribution in [-0.4, -0.2) is 34.5 Å². The van der Waals surface area contributed by atoms with Gasteiger partial charge in [0.1, 0.15) is 0 Å². The number of carbonyl (C=O) groups is 2. The maximum absolute atomic E-state index is 11.8. The molecule has 0 spiro atoms. The van der Waals surface area contributed by atoms with Gasteiger partial charge in [0.05, 0.1) is 0 Å². The van der Waals surface area contributed by atoms with E-state index in [4.69, 9.17) is 5.11 Å². The molecule has 1 N–H and O–H groups in total. The molecular formula is C11H17NO3. The van der Waals surface area contributed by atoms with Crippen LogP contribution in [0.25, 0.3) is 0 Å². The summed E-state index contributed by atoms with van der Waals surface area (Å²) in [5.74, 6) is -0.251. The maximum atomic E-state index is 11.8. The molecule has 1 heterocycles. The molecule has 84 valence electrons. The van der Waals surface area contributed by atoms with E-state index in [0.29, 0.717) is 6.42 Å². The quantitative estimate of drug-likeness (QED) is 0.761. The first kappa shape index (κ1) is 10.5. The lowest BCUT2D eigenvalue weighted by molar-refractivity contribution is -0.148. The Bertz CT molecular complexity index is 273. The number of carboxylic acid groups (broad SMARTS) is 1. The molecule has 2 fully saturated rings. The van der Waals surface area contributed by atoms with E-state index in [2.05, 4.69) is 0 Å². The van der Waals surface area contributed by atoms with E-state index in [1.807, 2.05) is 4.90 Å². The van der Waals surface area contributed by atoms with Crippen LogP contribution in [0.2, 0.25) is 0 Å². The molecule has 2 rings (SSSR count). The molecule has 1 atom stereocenters. The molecule has 1 unspecified atom stereocenters. The second kappa shape index (κ2) is 4.21. The summed E-state index contributed by atoms with van der Waals surface area (Å²) in [6, 6.07) is 0.203. The number of hydrogen-bond donors (Lipinski definition) is 1. The average Bonchev–Trinajstić information content (AvgIpc) is 1.97. The van der Waals surface area contributed by atoms with Gasteiger partial charge in [-0.3, -0.25) is 9.59 Å². The largest absolute Gasteiger partial charge is 0.481 e. The first-order valence-electron chi connectivity index (χ1n) is 5.71. The van der Waals surface area contributed by atoms with Crippen LogP contribution in [-0.2, 0) is 9.59 Å². The molecule has 1 aliphatic heterocycles. The minimum absolute atomic E-state index is 0.180. The Balaban J connectivity index is 1.77. The molecule has 1 saturated heterocycles. The predicted octanol–water partition coefficient (Wildman–Crippen LogP) is 1.25. The van der Waals surface area contributed by atoms with Crippen LogP contribution < -0.4 is 0 Å².